The third kappa shape index (κ3) is 4.46. The third-order valence-electron chi connectivity index (χ3n) is 2.69. The summed E-state index contributed by atoms with van der Waals surface area (Å²) in [5, 5.41) is 0. The summed E-state index contributed by atoms with van der Waals surface area (Å²) in [6, 6.07) is 0. The zero-order valence-electron chi connectivity index (χ0n) is 11.7. The van der Waals surface area contributed by atoms with Crippen LogP contribution in [0.15, 0.2) is 0 Å². The van der Waals surface area contributed by atoms with Crippen molar-refractivity contribution >= 4 is 17.9 Å². The molecule has 1 heterocycles. The van der Waals surface area contributed by atoms with Gasteiger partial charge in [-0.2, -0.15) is 0 Å². The smallest absolute Gasteiger partial charge is 0.303 e. The van der Waals surface area contributed by atoms with Crippen molar-refractivity contribution in [2.24, 2.45) is 5.73 Å². The largest absolute Gasteiger partial charge is 0.463 e. The summed E-state index contributed by atoms with van der Waals surface area (Å²) in [5.74, 6) is -1.58. The van der Waals surface area contributed by atoms with Gasteiger partial charge in [0.05, 0.1) is 0 Å². The minimum Gasteiger partial charge on any atom is -0.463 e. The predicted molar refractivity (Wildman–Crippen MR) is 65.5 cm³/mol. The lowest BCUT2D eigenvalue weighted by Gasteiger charge is -2.22. The van der Waals surface area contributed by atoms with E-state index in [1.807, 2.05) is 0 Å². The lowest BCUT2D eigenvalue weighted by atomic mass is 10.1. The van der Waals surface area contributed by atoms with Gasteiger partial charge in [-0.1, -0.05) is 0 Å². The Balaban J connectivity index is 2.84. The normalized spacial score (nSPS) is 28.8. The molecule has 1 rings (SSSR count). The van der Waals surface area contributed by atoms with Gasteiger partial charge in [0.15, 0.2) is 12.2 Å². The van der Waals surface area contributed by atoms with Crippen molar-refractivity contribution in [2.45, 2.75) is 45.2 Å². The maximum Gasteiger partial charge on any atom is 0.303 e. The average Bonchev–Trinajstić information content (AvgIpc) is 2.63. The van der Waals surface area contributed by atoms with Crippen LogP contribution in [-0.2, 0) is 33.3 Å². The Hall–Kier alpha value is -1.67. The first-order valence-corrected chi connectivity index (χ1v) is 6.18. The summed E-state index contributed by atoms with van der Waals surface area (Å²) in [5.41, 5.74) is 5.55. The number of esters is 3. The van der Waals surface area contributed by atoms with Gasteiger partial charge in [-0.25, -0.2) is 0 Å². The fraction of sp³-hybridized carbons (Fsp3) is 0.750. The molecule has 8 heteroatoms. The second-order valence-electron chi connectivity index (χ2n) is 4.40. The highest BCUT2D eigenvalue weighted by Crippen LogP contribution is 2.27. The molecule has 0 aromatic rings. The van der Waals surface area contributed by atoms with Crippen molar-refractivity contribution in [2.75, 3.05) is 13.2 Å². The summed E-state index contributed by atoms with van der Waals surface area (Å²) in [6.07, 6.45) is -3.02. The molecule has 20 heavy (non-hydrogen) atoms. The highest BCUT2D eigenvalue weighted by Gasteiger charge is 2.48. The molecule has 2 N–H and O–H groups in total. The minimum absolute atomic E-state index is 0.0757. The van der Waals surface area contributed by atoms with E-state index in [1.54, 1.807) is 0 Å². The van der Waals surface area contributed by atoms with E-state index in [9.17, 15) is 14.4 Å². The van der Waals surface area contributed by atoms with Crippen molar-refractivity contribution in [1.29, 1.82) is 0 Å². The Kier molecular flexibility index (Phi) is 5.90. The van der Waals surface area contributed by atoms with Gasteiger partial charge in [0.2, 0.25) is 0 Å². The molecule has 0 spiro atoms. The van der Waals surface area contributed by atoms with Crippen molar-refractivity contribution in [3.05, 3.63) is 0 Å². The van der Waals surface area contributed by atoms with Crippen molar-refractivity contribution < 1.29 is 33.3 Å². The standard InChI is InChI=1S/C12H19NO7/c1-6(14)17-5-10-12(19-8(3)16)11(18-7(2)15)9(4-13)20-10/h9-12H,4-5,13H2,1-3H3/t9-,10+,11-,12+/m0/s1. The molecule has 0 aliphatic carbocycles. The van der Waals surface area contributed by atoms with Gasteiger partial charge in [0.1, 0.15) is 18.8 Å². The molecule has 114 valence electrons. The fourth-order valence-electron chi connectivity index (χ4n) is 1.99. The topological polar surface area (TPSA) is 114 Å². The molecule has 0 unspecified atom stereocenters. The van der Waals surface area contributed by atoms with E-state index in [0.717, 1.165) is 0 Å². The Morgan fingerprint density at radius 1 is 0.950 bits per heavy atom. The van der Waals surface area contributed by atoms with Crippen LogP contribution in [0.2, 0.25) is 0 Å². The van der Waals surface area contributed by atoms with Crippen molar-refractivity contribution in [1.82, 2.24) is 0 Å². The van der Waals surface area contributed by atoms with E-state index < -0.39 is 42.3 Å². The average molecular weight is 289 g/mol. The molecule has 0 amide bonds. The number of ether oxygens (including phenoxy) is 4. The Morgan fingerprint density at radius 2 is 1.45 bits per heavy atom. The molecule has 0 aromatic carbocycles. The number of carbonyl (C=O) groups is 3. The molecule has 0 bridgehead atoms. The number of hydrogen-bond donors (Lipinski definition) is 1. The zero-order valence-corrected chi connectivity index (χ0v) is 11.7. The first-order valence-electron chi connectivity index (χ1n) is 6.18. The van der Waals surface area contributed by atoms with Crippen LogP contribution >= 0.6 is 0 Å². The molecule has 0 radical (unpaired) electrons. The van der Waals surface area contributed by atoms with Crippen LogP contribution in [0.4, 0.5) is 0 Å². The quantitative estimate of drug-likeness (QED) is 0.513. The first-order chi connectivity index (χ1) is 9.35. The van der Waals surface area contributed by atoms with E-state index >= 15 is 0 Å². The van der Waals surface area contributed by atoms with Crippen LogP contribution in [-0.4, -0.2) is 55.5 Å². The van der Waals surface area contributed by atoms with Gasteiger partial charge in [0.25, 0.3) is 0 Å². The molecule has 4 atom stereocenters. The lowest BCUT2D eigenvalue weighted by molar-refractivity contribution is -0.165. The number of nitrogens with two attached hydrogens (primary N) is 1. The van der Waals surface area contributed by atoms with Crippen LogP contribution in [0, 0.1) is 0 Å². The summed E-state index contributed by atoms with van der Waals surface area (Å²) in [4.78, 5) is 33.1. The van der Waals surface area contributed by atoms with Gasteiger partial charge in [0, 0.05) is 27.3 Å². The highest BCUT2D eigenvalue weighted by atomic mass is 16.6. The first kappa shape index (κ1) is 16.4. The number of rotatable bonds is 5. The molecule has 1 saturated heterocycles. The Bertz CT molecular complexity index is 384. The maximum atomic E-state index is 11.2. The lowest BCUT2D eigenvalue weighted by Crippen LogP contribution is -2.42. The second kappa shape index (κ2) is 7.20. The number of hydrogen-bond acceptors (Lipinski definition) is 8. The second-order valence-corrected chi connectivity index (χ2v) is 4.40. The SMILES string of the molecule is CC(=O)OC[C@H]1O[C@@H](CN)[C@H](OC(C)=O)[C@@H]1OC(C)=O. The highest BCUT2D eigenvalue weighted by molar-refractivity contribution is 5.68. The molecule has 0 aromatic heterocycles. The van der Waals surface area contributed by atoms with E-state index in [-0.39, 0.29) is 13.2 Å². The van der Waals surface area contributed by atoms with Gasteiger partial charge in [-0.3, -0.25) is 14.4 Å². The van der Waals surface area contributed by atoms with E-state index in [2.05, 4.69) is 0 Å². The minimum atomic E-state index is -0.857. The summed E-state index contributed by atoms with van der Waals surface area (Å²) in [6.45, 7) is 3.68. The number of carbonyl (C=O) groups excluding carboxylic acids is 3. The summed E-state index contributed by atoms with van der Waals surface area (Å²) in [7, 11) is 0. The van der Waals surface area contributed by atoms with Crippen LogP contribution in [0.3, 0.4) is 0 Å². The molecule has 8 nitrogen and oxygen atoms in total. The van der Waals surface area contributed by atoms with Gasteiger partial charge >= 0.3 is 17.9 Å². The molecule has 1 aliphatic heterocycles. The zero-order chi connectivity index (χ0) is 15.3. The summed E-state index contributed by atoms with van der Waals surface area (Å²) < 4.78 is 20.6. The van der Waals surface area contributed by atoms with Crippen LogP contribution in [0.5, 0.6) is 0 Å². The van der Waals surface area contributed by atoms with E-state index in [0.29, 0.717) is 0 Å². The molecular formula is C12H19NO7. The van der Waals surface area contributed by atoms with Crippen LogP contribution in [0.25, 0.3) is 0 Å². The van der Waals surface area contributed by atoms with Gasteiger partial charge in [-0.05, 0) is 0 Å². The summed E-state index contributed by atoms with van der Waals surface area (Å²) >= 11 is 0. The van der Waals surface area contributed by atoms with Gasteiger partial charge in [-0.15, -0.1) is 0 Å². The third-order valence-corrected chi connectivity index (χ3v) is 2.69. The van der Waals surface area contributed by atoms with E-state index in [4.69, 9.17) is 24.7 Å². The monoisotopic (exact) mass is 289 g/mol. The molecule has 1 fully saturated rings. The maximum absolute atomic E-state index is 11.2. The van der Waals surface area contributed by atoms with E-state index in [1.165, 1.54) is 20.8 Å². The molecular weight excluding hydrogens is 270 g/mol. The van der Waals surface area contributed by atoms with Crippen molar-refractivity contribution in [3.8, 4) is 0 Å². The fourth-order valence-corrected chi connectivity index (χ4v) is 1.99. The molecule has 1 aliphatic rings. The van der Waals surface area contributed by atoms with Crippen LogP contribution < -0.4 is 5.73 Å². The van der Waals surface area contributed by atoms with Gasteiger partial charge < -0.3 is 24.7 Å². The molecule has 0 saturated carbocycles. The van der Waals surface area contributed by atoms with Crippen molar-refractivity contribution in [3.63, 3.8) is 0 Å². The Morgan fingerprint density at radius 3 is 1.85 bits per heavy atom. The Labute approximate surface area is 116 Å². The van der Waals surface area contributed by atoms with Crippen LogP contribution in [0.1, 0.15) is 20.8 Å². The predicted octanol–water partition coefficient (Wildman–Crippen LogP) is -0.861.